The van der Waals surface area contributed by atoms with Gasteiger partial charge in [0.15, 0.2) is 0 Å². The number of benzene rings is 2. The summed E-state index contributed by atoms with van der Waals surface area (Å²) < 4.78 is 13.2. The largest absolute Gasteiger partial charge is 0.393 e. The van der Waals surface area contributed by atoms with Gasteiger partial charge in [0.05, 0.1) is 6.10 Å². The second-order valence-corrected chi connectivity index (χ2v) is 5.31. The van der Waals surface area contributed by atoms with Crippen molar-refractivity contribution in [2.24, 2.45) is 0 Å². The van der Waals surface area contributed by atoms with Crippen molar-refractivity contribution in [1.29, 1.82) is 0 Å². The van der Waals surface area contributed by atoms with E-state index in [1.54, 1.807) is 6.07 Å². The lowest BCUT2D eigenvalue weighted by molar-refractivity contribution is 0.162. The van der Waals surface area contributed by atoms with Crippen LogP contribution in [-0.4, -0.2) is 11.2 Å². The Bertz CT molecular complexity index is 536. The minimum absolute atomic E-state index is 0.234. The number of halogens is 1. The molecule has 0 bridgehead atoms. The molecule has 0 aliphatic heterocycles. The van der Waals surface area contributed by atoms with Crippen LogP contribution in [-0.2, 0) is 12.8 Å². The van der Waals surface area contributed by atoms with Crippen LogP contribution >= 0.6 is 0 Å². The van der Waals surface area contributed by atoms with Crippen molar-refractivity contribution in [3.8, 4) is 0 Å². The number of rotatable bonds is 6. The lowest BCUT2D eigenvalue weighted by Crippen LogP contribution is -2.12. The minimum Gasteiger partial charge on any atom is -0.393 e. The van der Waals surface area contributed by atoms with Gasteiger partial charge in [0, 0.05) is 0 Å². The third kappa shape index (κ3) is 4.46. The third-order valence-electron chi connectivity index (χ3n) is 3.61. The van der Waals surface area contributed by atoms with Crippen LogP contribution in [0.15, 0.2) is 48.5 Å². The molecule has 0 amide bonds. The monoisotopic (exact) mass is 272 g/mol. The molecule has 1 unspecified atom stereocenters. The summed E-state index contributed by atoms with van der Waals surface area (Å²) >= 11 is 0. The van der Waals surface area contributed by atoms with Crippen molar-refractivity contribution in [2.45, 2.75) is 38.7 Å². The SMILES string of the molecule is Cc1ccc(F)cc1CC(O)CCCc1ccccc1. The smallest absolute Gasteiger partial charge is 0.123 e. The zero-order chi connectivity index (χ0) is 14.4. The van der Waals surface area contributed by atoms with Gasteiger partial charge in [-0.3, -0.25) is 0 Å². The summed E-state index contributed by atoms with van der Waals surface area (Å²) in [6, 6.07) is 15.0. The molecule has 1 atom stereocenters. The first kappa shape index (κ1) is 14.7. The summed E-state index contributed by atoms with van der Waals surface area (Å²) in [6.07, 6.45) is 2.78. The van der Waals surface area contributed by atoms with E-state index < -0.39 is 6.10 Å². The predicted molar refractivity (Wildman–Crippen MR) is 80.2 cm³/mol. The highest BCUT2D eigenvalue weighted by molar-refractivity contribution is 5.27. The van der Waals surface area contributed by atoms with Gasteiger partial charge in [-0.1, -0.05) is 36.4 Å². The van der Waals surface area contributed by atoms with E-state index in [1.807, 2.05) is 25.1 Å². The predicted octanol–water partition coefficient (Wildman–Crippen LogP) is 4.06. The van der Waals surface area contributed by atoms with Crippen molar-refractivity contribution < 1.29 is 9.50 Å². The third-order valence-corrected chi connectivity index (χ3v) is 3.61. The number of aliphatic hydroxyl groups excluding tert-OH is 1. The quantitative estimate of drug-likeness (QED) is 0.840. The Hall–Kier alpha value is -1.67. The average molecular weight is 272 g/mol. The Balaban J connectivity index is 1.80. The molecule has 106 valence electrons. The van der Waals surface area contributed by atoms with Crippen molar-refractivity contribution in [2.75, 3.05) is 0 Å². The van der Waals surface area contributed by atoms with E-state index in [4.69, 9.17) is 0 Å². The zero-order valence-electron chi connectivity index (χ0n) is 11.8. The van der Waals surface area contributed by atoms with Crippen LogP contribution in [0.25, 0.3) is 0 Å². The van der Waals surface area contributed by atoms with Gasteiger partial charge in [0.1, 0.15) is 5.82 Å². The number of hydrogen-bond acceptors (Lipinski definition) is 1. The molecule has 0 radical (unpaired) electrons. The van der Waals surface area contributed by atoms with Crippen molar-refractivity contribution in [1.82, 2.24) is 0 Å². The Kier molecular flexibility index (Phi) is 5.31. The molecule has 1 N–H and O–H groups in total. The zero-order valence-corrected chi connectivity index (χ0v) is 11.8. The number of aliphatic hydroxyl groups is 1. The normalized spacial score (nSPS) is 12.3. The van der Waals surface area contributed by atoms with E-state index in [2.05, 4.69) is 12.1 Å². The molecule has 0 aliphatic rings. The molecule has 0 aliphatic carbocycles. The lowest BCUT2D eigenvalue weighted by atomic mass is 9.98. The Morgan fingerprint density at radius 1 is 1.10 bits per heavy atom. The topological polar surface area (TPSA) is 20.2 Å². The standard InChI is InChI=1S/C18H21FO/c1-14-10-11-17(19)12-16(14)13-18(20)9-5-8-15-6-3-2-4-7-15/h2-4,6-7,10-12,18,20H,5,8-9,13H2,1H3. The first-order chi connectivity index (χ1) is 9.65. The number of aryl methyl sites for hydroxylation is 2. The van der Waals surface area contributed by atoms with E-state index in [0.717, 1.165) is 30.4 Å². The van der Waals surface area contributed by atoms with Crippen LogP contribution in [0.4, 0.5) is 4.39 Å². The van der Waals surface area contributed by atoms with Gasteiger partial charge in [-0.15, -0.1) is 0 Å². The lowest BCUT2D eigenvalue weighted by Gasteiger charge is -2.12. The summed E-state index contributed by atoms with van der Waals surface area (Å²) in [5, 5.41) is 10.1. The summed E-state index contributed by atoms with van der Waals surface area (Å²) in [7, 11) is 0. The van der Waals surface area contributed by atoms with Gasteiger partial charge in [-0.05, 0) is 61.4 Å². The van der Waals surface area contributed by atoms with Gasteiger partial charge in [-0.2, -0.15) is 0 Å². The van der Waals surface area contributed by atoms with Crippen LogP contribution in [0.1, 0.15) is 29.5 Å². The Morgan fingerprint density at radius 3 is 2.60 bits per heavy atom. The van der Waals surface area contributed by atoms with E-state index in [9.17, 15) is 9.50 Å². The molecule has 0 heterocycles. The second-order valence-electron chi connectivity index (χ2n) is 5.31. The molecule has 0 fully saturated rings. The van der Waals surface area contributed by atoms with Gasteiger partial charge in [-0.25, -0.2) is 4.39 Å². The highest BCUT2D eigenvalue weighted by atomic mass is 19.1. The maximum atomic E-state index is 13.2. The molecule has 2 rings (SSSR count). The fourth-order valence-electron chi connectivity index (χ4n) is 2.40. The summed E-state index contributed by atoms with van der Waals surface area (Å²) in [6.45, 7) is 1.95. The molecule has 0 saturated heterocycles. The van der Waals surface area contributed by atoms with Crippen molar-refractivity contribution in [3.63, 3.8) is 0 Å². The molecular weight excluding hydrogens is 251 g/mol. The van der Waals surface area contributed by atoms with Gasteiger partial charge >= 0.3 is 0 Å². The molecule has 0 aromatic heterocycles. The average Bonchev–Trinajstić information content (AvgIpc) is 2.44. The molecule has 0 spiro atoms. The van der Waals surface area contributed by atoms with Crippen LogP contribution in [0.3, 0.4) is 0 Å². The maximum Gasteiger partial charge on any atom is 0.123 e. The molecule has 2 aromatic carbocycles. The van der Waals surface area contributed by atoms with Crippen LogP contribution in [0, 0.1) is 12.7 Å². The Labute approximate surface area is 120 Å². The van der Waals surface area contributed by atoms with Crippen molar-refractivity contribution >= 4 is 0 Å². The highest BCUT2D eigenvalue weighted by Gasteiger charge is 2.08. The number of hydrogen-bond donors (Lipinski definition) is 1. The molecule has 0 saturated carbocycles. The van der Waals surface area contributed by atoms with Crippen LogP contribution < -0.4 is 0 Å². The highest BCUT2D eigenvalue weighted by Crippen LogP contribution is 2.15. The molecule has 2 aromatic rings. The summed E-state index contributed by atoms with van der Waals surface area (Å²) in [5.74, 6) is -0.234. The summed E-state index contributed by atoms with van der Waals surface area (Å²) in [5.41, 5.74) is 3.23. The van der Waals surface area contributed by atoms with Gasteiger partial charge < -0.3 is 5.11 Å². The van der Waals surface area contributed by atoms with Gasteiger partial charge in [0.2, 0.25) is 0 Å². The van der Waals surface area contributed by atoms with E-state index in [-0.39, 0.29) is 5.82 Å². The fourth-order valence-corrected chi connectivity index (χ4v) is 2.40. The molecule has 2 heteroatoms. The molecule has 1 nitrogen and oxygen atoms in total. The van der Waals surface area contributed by atoms with E-state index >= 15 is 0 Å². The fraction of sp³-hybridized carbons (Fsp3) is 0.333. The van der Waals surface area contributed by atoms with Crippen molar-refractivity contribution in [3.05, 3.63) is 71.0 Å². The van der Waals surface area contributed by atoms with Crippen LogP contribution in [0.5, 0.6) is 0 Å². The van der Waals surface area contributed by atoms with E-state index in [0.29, 0.717) is 6.42 Å². The second kappa shape index (κ2) is 7.20. The summed E-state index contributed by atoms with van der Waals surface area (Å²) in [4.78, 5) is 0. The van der Waals surface area contributed by atoms with E-state index in [1.165, 1.54) is 17.7 Å². The Morgan fingerprint density at radius 2 is 1.85 bits per heavy atom. The first-order valence-corrected chi connectivity index (χ1v) is 7.12. The van der Waals surface area contributed by atoms with Crippen LogP contribution in [0.2, 0.25) is 0 Å². The molecule has 20 heavy (non-hydrogen) atoms. The van der Waals surface area contributed by atoms with Gasteiger partial charge in [0.25, 0.3) is 0 Å². The maximum absolute atomic E-state index is 13.2. The minimum atomic E-state index is -0.404. The first-order valence-electron chi connectivity index (χ1n) is 7.12. The molecular formula is C18H21FO.